The SMILES string of the molecule is COc1c(Cl)cc(Cl)cc1C(C)CC(O)C(C)N. The maximum absolute atomic E-state index is 9.83. The van der Waals surface area contributed by atoms with Gasteiger partial charge >= 0.3 is 0 Å². The topological polar surface area (TPSA) is 55.5 Å². The van der Waals surface area contributed by atoms with Gasteiger partial charge in [0.2, 0.25) is 0 Å². The summed E-state index contributed by atoms with van der Waals surface area (Å²) in [6.45, 7) is 3.76. The fraction of sp³-hybridized carbons (Fsp3) is 0.538. The molecule has 1 rings (SSSR count). The highest BCUT2D eigenvalue weighted by Crippen LogP contribution is 2.38. The van der Waals surface area contributed by atoms with Gasteiger partial charge in [-0.3, -0.25) is 0 Å². The Hall–Kier alpha value is -0.480. The van der Waals surface area contributed by atoms with Gasteiger partial charge in [0.25, 0.3) is 0 Å². The predicted molar refractivity (Wildman–Crippen MR) is 75.7 cm³/mol. The predicted octanol–water partition coefficient (Wildman–Crippen LogP) is 3.20. The summed E-state index contributed by atoms with van der Waals surface area (Å²) in [7, 11) is 1.56. The molecule has 0 saturated carbocycles. The van der Waals surface area contributed by atoms with Crippen molar-refractivity contribution >= 4 is 23.2 Å². The quantitative estimate of drug-likeness (QED) is 0.876. The minimum Gasteiger partial charge on any atom is -0.495 e. The second kappa shape index (κ2) is 6.62. The number of ether oxygens (including phenoxy) is 1. The van der Waals surface area contributed by atoms with Gasteiger partial charge in [0.05, 0.1) is 18.2 Å². The lowest BCUT2D eigenvalue weighted by Crippen LogP contribution is -2.32. The Kier molecular flexibility index (Phi) is 5.73. The summed E-state index contributed by atoms with van der Waals surface area (Å²) in [5.41, 5.74) is 6.54. The molecule has 0 radical (unpaired) electrons. The average molecular weight is 292 g/mol. The zero-order valence-corrected chi connectivity index (χ0v) is 12.3. The molecule has 0 aliphatic carbocycles. The first kappa shape index (κ1) is 15.6. The van der Waals surface area contributed by atoms with Crippen molar-refractivity contribution in [1.82, 2.24) is 0 Å². The molecule has 0 fully saturated rings. The molecule has 3 nitrogen and oxygen atoms in total. The largest absolute Gasteiger partial charge is 0.495 e. The fourth-order valence-electron chi connectivity index (χ4n) is 1.87. The average Bonchev–Trinajstić information content (AvgIpc) is 2.27. The smallest absolute Gasteiger partial charge is 0.141 e. The first-order chi connectivity index (χ1) is 8.36. The summed E-state index contributed by atoms with van der Waals surface area (Å²) in [5, 5.41) is 10.9. The summed E-state index contributed by atoms with van der Waals surface area (Å²) in [5.74, 6) is 0.655. The maximum Gasteiger partial charge on any atom is 0.141 e. The Morgan fingerprint density at radius 1 is 1.33 bits per heavy atom. The molecule has 0 aromatic heterocycles. The van der Waals surface area contributed by atoms with Gasteiger partial charge in [0.15, 0.2) is 0 Å². The fourth-order valence-corrected chi connectivity index (χ4v) is 2.45. The van der Waals surface area contributed by atoms with Crippen molar-refractivity contribution in [3.63, 3.8) is 0 Å². The van der Waals surface area contributed by atoms with E-state index in [1.54, 1.807) is 20.1 Å². The van der Waals surface area contributed by atoms with E-state index >= 15 is 0 Å². The highest BCUT2D eigenvalue weighted by Gasteiger charge is 2.20. The van der Waals surface area contributed by atoms with E-state index in [9.17, 15) is 5.11 Å². The summed E-state index contributed by atoms with van der Waals surface area (Å²) in [6.07, 6.45) is -0.0347. The van der Waals surface area contributed by atoms with Gasteiger partial charge in [-0.25, -0.2) is 0 Å². The summed E-state index contributed by atoms with van der Waals surface area (Å²) < 4.78 is 5.29. The van der Waals surface area contributed by atoms with Crippen LogP contribution in [0.5, 0.6) is 5.75 Å². The van der Waals surface area contributed by atoms with Crippen LogP contribution in [-0.2, 0) is 0 Å². The Morgan fingerprint density at radius 3 is 2.44 bits per heavy atom. The number of rotatable bonds is 5. The molecule has 18 heavy (non-hydrogen) atoms. The van der Waals surface area contributed by atoms with Crippen LogP contribution in [0.25, 0.3) is 0 Å². The van der Waals surface area contributed by atoms with Crippen molar-refractivity contribution in [1.29, 1.82) is 0 Å². The third-order valence-electron chi connectivity index (χ3n) is 2.97. The number of methoxy groups -OCH3 is 1. The lowest BCUT2D eigenvalue weighted by molar-refractivity contribution is 0.134. The van der Waals surface area contributed by atoms with E-state index in [2.05, 4.69) is 0 Å². The van der Waals surface area contributed by atoms with Crippen LogP contribution >= 0.6 is 23.2 Å². The van der Waals surface area contributed by atoms with Crippen LogP contribution in [-0.4, -0.2) is 24.4 Å². The Labute approximate surface area is 118 Å². The van der Waals surface area contributed by atoms with Gasteiger partial charge in [-0.2, -0.15) is 0 Å². The van der Waals surface area contributed by atoms with Gasteiger partial charge in [-0.1, -0.05) is 30.1 Å². The van der Waals surface area contributed by atoms with Gasteiger partial charge in [0.1, 0.15) is 5.75 Å². The highest BCUT2D eigenvalue weighted by molar-refractivity contribution is 6.35. The molecule has 5 heteroatoms. The van der Waals surface area contributed by atoms with Crippen molar-refractivity contribution in [2.45, 2.75) is 38.3 Å². The van der Waals surface area contributed by atoms with Gasteiger partial charge in [-0.05, 0) is 31.4 Å². The molecular weight excluding hydrogens is 273 g/mol. The van der Waals surface area contributed by atoms with Crippen molar-refractivity contribution in [3.05, 3.63) is 27.7 Å². The van der Waals surface area contributed by atoms with Crippen molar-refractivity contribution in [3.8, 4) is 5.75 Å². The first-order valence-corrected chi connectivity index (χ1v) is 6.59. The lowest BCUT2D eigenvalue weighted by atomic mass is 9.92. The zero-order chi connectivity index (χ0) is 13.9. The molecule has 3 N–H and O–H groups in total. The van der Waals surface area contributed by atoms with Crippen LogP contribution in [0.1, 0.15) is 31.7 Å². The summed E-state index contributed by atoms with van der Waals surface area (Å²) in [4.78, 5) is 0. The normalized spacial score (nSPS) is 16.2. The van der Waals surface area contributed by atoms with E-state index in [0.29, 0.717) is 22.2 Å². The van der Waals surface area contributed by atoms with E-state index in [4.69, 9.17) is 33.7 Å². The molecule has 1 aromatic carbocycles. The van der Waals surface area contributed by atoms with Crippen LogP contribution < -0.4 is 10.5 Å². The number of hydrogen-bond donors (Lipinski definition) is 2. The van der Waals surface area contributed by atoms with Crippen LogP contribution in [0, 0.1) is 0 Å². The van der Waals surface area contributed by atoms with E-state index < -0.39 is 6.10 Å². The molecule has 0 bridgehead atoms. The lowest BCUT2D eigenvalue weighted by Gasteiger charge is -2.22. The molecular formula is C13H19Cl2NO2. The zero-order valence-electron chi connectivity index (χ0n) is 10.8. The second-order valence-electron chi connectivity index (χ2n) is 4.57. The van der Waals surface area contributed by atoms with Gasteiger partial charge in [-0.15, -0.1) is 0 Å². The monoisotopic (exact) mass is 291 g/mol. The minimum atomic E-state index is -0.567. The molecule has 0 spiro atoms. The van der Waals surface area contributed by atoms with Crippen LogP contribution in [0.2, 0.25) is 10.0 Å². The van der Waals surface area contributed by atoms with Crippen molar-refractivity contribution in [2.75, 3.05) is 7.11 Å². The third-order valence-corrected chi connectivity index (χ3v) is 3.47. The van der Waals surface area contributed by atoms with Crippen LogP contribution in [0.4, 0.5) is 0 Å². The van der Waals surface area contributed by atoms with Crippen LogP contribution in [0.3, 0.4) is 0 Å². The Morgan fingerprint density at radius 2 is 1.94 bits per heavy atom. The number of halogens is 2. The number of nitrogens with two attached hydrogens (primary N) is 1. The molecule has 0 amide bonds. The number of aliphatic hydroxyl groups is 1. The Balaban J connectivity index is 3.01. The number of hydrogen-bond acceptors (Lipinski definition) is 3. The van der Waals surface area contributed by atoms with Crippen LogP contribution in [0.15, 0.2) is 12.1 Å². The van der Waals surface area contributed by atoms with E-state index in [1.807, 2.05) is 13.0 Å². The van der Waals surface area contributed by atoms with Gasteiger partial charge in [0, 0.05) is 16.6 Å². The molecule has 102 valence electrons. The molecule has 0 aliphatic rings. The maximum atomic E-state index is 9.83. The minimum absolute atomic E-state index is 0.0529. The number of aliphatic hydroxyl groups excluding tert-OH is 1. The molecule has 3 unspecified atom stereocenters. The van der Waals surface area contributed by atoms with Gasteiger partial charge < -0.3 is 15.6 Å². The van der Waals surface area contributed by atoms with E-state index in [1.165, 1.54) is 0 Å². The van der Waals surface area contributed by atoms with Crippen molar-refractivity contribution < 1.29 is 9.84 Å². The number of benzene rings is 1. The second-order valence-corrected chi connectivity index (χ2v) is 5.42. The molecule has 1 aromatic rings. The Bertz CT molecular complexity index is 410. The summed E-state index contributed by atoms with van der Waals surface area (Å²) >= 11 is 12.1. The van der Waals surface area contributed by atoms with E-state index in [-0.39, 0.29) is 12.0 Å². The highest BCUT2D eigenvalue weighted by atomic mass is 35.5. The summed E-state index contributed by atoms with van der Waals surface area (Å²) in [6, 6.07) is 3.18. The third kappa shape index (κ3) is 3.75. The molecule has 0 heterocycles. The molecule has 0 aliphatic heterocycles. The molecule has 0 saturated heterocycles. The van der Waals surface area contributed by atoms with Crippen molar-refractivity contribution in [2.24, 2.45) is 5.73 Å². The standard InChI is InChI=1S/C13H19Cl2NO2/c1-7(4-12(17)8(2)16)10-5-9(14)6-11(15)13(10)18-3/h5-8,12,17H,4,16H2,1-3H3. The molecule has 3 atom stereocenters. The first-order valence-electron chi connectivity index (χ1n) is 5.83. The van der Waals surface area contributed by atoms with E-state index in [0.717, 1.165) is 5.56 Å².